The van der Waals surface area contributed by atoms with Crippen LogP contribution in [-0.4, -0.2) is 294 Å². The third kappa shape index (κ3) is 16.0. The number of aliphatic hydroxyl groups excluding tert-OH is 2. The van der Waals surface area contributed by atoms with E-state index in [-0.39, 0.29) is 62.2 Å². The second kappa shape index (κ2) is 32.6. The molecule has 10 aromatic rings. The van der Waals surface area contributed by atoms with Crippen LogP contribution in [0.25, 0.3) is 44.7 Å². The van der Waals surface area contributed by atoms with Crippen LogP contribution in [-0.2, 0) is 115 Å². The first kappa shape index (κ1) is 90.8. The minimum absolute atomic E-state index is 0.0739. The zero-order valence-corrected chi connectivity index (χ0v) is 72.2. The Morgan fingerprint density at radius 1 is 0.406 bits per heavy atom. The number of fused-ring (bicyclic) bond motifs is 12. The number of aryl methyl sites for hydroxylation is 2. The SMILES string of the molecule is Cc1cn([C@@H]2C[C@@H](O)[C@H](COP(=O)(O)O[C@@H]3[C@@H]4OC[C@@]3(COP(=O)(O)O[C@@H]3[C@@H]5OC[C@@]3(COP(=O)(O)O[C@H]3[C@@H]6OC[C@@]3(COP(=O)(O)O[C@@H]3[C@@H]7OC[C@@]3(COP(=O)(O)O[C@@H]3C[C@@H](n8cc(C)c(=O)[nH]c8=O)O[C@H]3CO)O[C@@H]7n3cnc7c(=O)[nH]c(N)nc73)O[C@@H]6n3cnc6c(=O)[nH]c(N)nc63)O[C@@H]5n3cnc5c(=O)[nH]c(N)nc53)O[C@@H]4n3cnc4c(=O)[nH]c(N)nc43)O2)c(=O)[nH]c1=O. The van der Waals surface area contributed by atoms with Crippen LogP contribution < -0.4 is 67.7 Å². The first-order valence-electron chi connectivity index (χ1n) is 39.5. The lowest BCUT2D eigenvalue weighted by Crippen LogP contribution is -2.48. The molecule has 0 amide bonds. The van der Waals surface area contributed by atoms with Crippen LogP contribution in [0.2, 0.25) is 0 Å². The Bertz CT molecular complexity index is 7180. The van der Waals surface area contributed by atoms with Gasteiger partial charge in [-0.1, -0.05) is 0 Å². The number of rotatable bonds is 32. The summed E-state index contributed by atoms with van der Waals surface area (Å²) in [7, 11) is -28.7. The zero-order valence-electron chi connectivity index (χ0n) is 67.8. The van der Waals surface area contributed by atoms with Gasteiger partial charge in [0.05, 0.1) is 97.5 Å². The number of aromatic amines is 6. The molecule has 27 atom stereocenters. The van der Waals surface area contributed by atoms with Gasteiger partial charge in [-0.2, -0.15) is 19.9 Å². The third-order valence-electron chi connectivity index (χ3n) is 23.8. The van der Waals surface area contributed by atoms with Crippen molar-refractivity contribution in [2.75, 3.05) is 89.0 Å². The van der Waals surface area contributed by atoms with Crippen molar-refractivity contribution in [3.63, 3.8) is 0 Å². The summed E-state index contributed by atoms with van der Waals surface area (Å²) in [6.07, 6.45) is -23.9. The molecule has 64 nitrogen and oxygen atoms in total. The zero-order chi connectivity index (χ0) is 93.8. The molecule has 21 N–H and O–H groups in total. The highest BCUT2D eigenvalue weighted by Gasteiger charge is 2.72. The number of nitrogen functional groups attached to an aromatic ring is 4. The summed E-state index contributed by atoms with van der Waals surface area (Å²) < 4.78 is 200. The molecule has 10 saturated heterocycles. The van der Waals surface area contributed by atoms with Gasteiger partial charge >= 0.3 is 50.5 Å². The van der Waals surface area contributed by atoms with Crippen LogP contribution in [0.3, 0.4) is 0 Å². The van der Waals surface area contributed by atoms with Gasteiger partial charge in [0.15, 0.2) is 69.6 Å². The van der Waals surface area contributed by atoms with E-state index in [1.807, 2.05) is 0 Å². The number of imidazole rings is 4. The number of phosphoric ester groups is 5. The number of hydrogen-bond acceptors (Lipinski definition) is 47. The van der Waals surface area contributed by atoms with Crippen LogP contribution in [0.15, 0.2) is 76.1 Å². The molecule has 69 heteroatoms. The highest BCUT2D eigenvalue weighted by molar-refractivity contribution is 7.48. The van der Waals surface area contributed by atoms with Crippen LogP contribution in [0, 0.1) is 13.8 Å². The number of phosphoric acid groups is 5. The van der Waals surface area contributed by atoms with Crippen LogP contribution in [0.4, 0.5) is 23.8 Å². The number of aliphatic hydroxyl groups is 2. The molecule has 0 radical (unpaired) electrons. The first-order valence-corrected chi connectivity index (χ1v) is 47.0. The fourth-order valence-corrected chi connectivity index (χ4v) is 22.8. The molecule has 716 valence electrons. The lowest BCUT2D eigenvalue weighted by Gasteiger charge is -2.34. The molecule has 20 heterocycles. The van der Waals surface area contributed by atoms with E-state index in [0.717, 1.165) is 58.9 Å². The Morgan fingerprint density at radius 3 is 1.00 bits per heavy atom. The van der Waals surface area contributed by atoms with Crippen LogP contribution >= 0.6 is 39.1 Å². The van der Waals surface area contributed by atoms with Crippen molar-refractivity contribution in [2.24, 2.45) is 0 Å². The number of anilines is 4. The number of ether oxygens (including phenoxy) is 10. The van der Waals surface area contributed by atoms with Crippen molar-refractivity contribution in [3.8, 4) is 0 Å². The normalized spacial score (nSPS) is 33.8. The van der Waals surface area contributed by atoms with Gasteiger partial charge in [-0.25, -0.2) is 52.4 Å². The quantitative estimate of drug-likeness (QED) is 0.0174. The number of nitrogens with two attached hydrogens (primary N) is 4. The standard InChI is InChI=1S/C64H75N24O40P5/c1-21-5-83(59(97)81-45(21)91)27-3-23(90)26(119-27)8-113-129(99,100)125-37-33-51(85-17-69-29-41(85)73-55(65)77-47(29)93)121-62(37,10-109-33)14-115-131(103,104)127-39-35-53(87-19-71-31-43(87)75-57(67)79-49(31)95)123-64(39,12-111-35)16-117-133(107,108)128-40-36-54(88-20-72-32-44(88)76-58(68)80-50(32)96)122-63(40,11-112-36)15-116-132(105,106)126-38-34-52(86-18-70-30-42(86)74-56(66)78-48(30)94)120-61(38,9-110-34)13-114-130(101,102)124-24-4-28(118-25(24)7-89)84-6-22(2)46(92)82-60(84)98/h5-6,17-20,23-28,33-40,51-54,89-90H,3-4,7-16H2,1-2H3,(H,99,100)(H,101,102)(H,103,104)(H,105,106)(H,107,108)(H,81,91,97)(H,82,92,98)(H3,65,73,77,93)(H3,66,74,78,94)(H3,67,75,79,95)(H3,68,76,80,96)/t23-,24-,25+,26+,27+,28+,33+,34+,35+,36+,37-,38-,39-,40+,51+,52+,53+,54+,61+,62+,63+,64+/m1/s1. The molecule has 8 bridgehead atoms. The number of aromatic nitrogens is 20. The average Bonchev–Trinajstić information content (AvgIpc) is 1.56. The van der Waals surface area contributed by atoms with Crippen molar-refractivity contribution in [1.82, 2.24) is 97.2 Å². The molecule has 133 heavy (non-hydrogen) atoms. The summed E-state index contributed by atoms with van der Waals surface area (Å²) >= 11 is 0. The summed E-state index contributed by atoms with van der Waals surface area (Å²) in [5, 5.41) is 21.4. The van der Waals surface area contributed by atoms with Crippen LogP contribution in [0.1, 0.15) is 61.3 Å². The molecule has 10 fully saturated rings. The number of nitrogens with zero attached hydrogens (tertiary/aromatic N) is 14. The maximum atomic E-state index is 15.2. The van der Waals surface area contributed by atoms with Crippen molar-refractivity contribution < 1.29 is 150 Å². The third-order valence-corrected chi connectivity index (χ3v) is 28.6. The predicted octanol–water partition coefficient (Wildman–Crippen LogP) is -6.33. The Balaban J connectivity index is 0.574. The van der Waals surface area contributed by atoms with E-state index in [2.05, 4.69) is 69.8 Å². The van der Waals surface area contributed by atoms with Gasteiger partial charge in [-0.15, -0.1) is 0 Å². The Kier molecular flexibility index (Phi) is 22.3. The Morgan fingerprint density at radius 2 is 0.692 bits per heavy atom. The van der Waals surface area contributed by atoms with Gasteiger partial charge in [0, 0.05) is 36.4 Å². The van der Waals surface area contributed by atoms with Crippen molar-refractivity contribution in [1.29, 1.82) is 0 Å². The lowest BCUT2D eigenvalue weighted by atomic mass is 10.0. The first-order chi connectivity index (χ1) is 62.9. The van der Waals surface area contributed by atoms with Gasteiger partial charge in [0.25, 0.3) is 33.4 Å². The van der Waals surface area contributed by atoms with Gasteiger partial charge in [-0.3, -0.25) is 131 Å². The number of nitrogens with one attached hydrogen (secondary N) is 6. The predicted molar refractivity (Wildman–Crippen MR) is 426 cm³/mol. The van der Waals surface area contributed by atoms with E-state index in [0.29, 0.717) is 0 Å². The lowest BCUT2D eigenvalue weighted by molar-refractivity contribution is -0.188. The summed E-state index contributed by atoms with van der Waals surface area (Å²) in [4.78, 5) is 209. The van der Waals surface area contributed by atoms with Gasteiger partial charge in [0.2, 0.25) is 23.8 Å². The topological polar surface area (TPSA) is 880 Å². The molecule has 10 aromatic heterocycles. The van der Waals surface area contributed by atoms with Gasteiger partial charge in [-0.05, 0) is 13.8 Å². The number of H-pyrrole nitrogens is 6. The maximum absolute atomic E-state index is 15.2. The van der Waals surface area contributed by atoms with Crippen LogP contribution in [0.5, 0.6) is 0 Å². The molecule has 0 aromatic carbocycles. The molecule has 10 aliphatic rings. The molecule has 10 aliphatic heterocycles. The van der Waals surface area contributed by atoms with E-state index in [4.69, 9.17) is 116 Å². The van der Waals surface area contributed by atoms with E-state index in [9.17, 15) is 82.2 Å². The summed E-state index contributed by atoms with van der Waals surface area (Å²) in [6, 6.07) is 0. The largest absolute Gasteiger partial charge is 0.472 e. The summed E-state index contributed by atoms with van der Waals surface area (Å²) in [5.74, 6) is -1.74. The van der Waals surface area contributed by atoms with Crippen molar-refractivity contribution in [2.45, 2.75) is 160 Å². The summed E-state index contributed by atoms with van der Waals surface area (Å²) in [5.41, 5.74) is 5.35. The van der Waals surface area contributed by atoms with Gasteiger partial charge in [0.1, 0.15) is 102 Å². The maximum Gasteiger partial charge on any atom is 0.472 e. The molecule has 0 aliphatic carbocycles. The van der Waals surface area contributed by atoms with E-state index >= 15 is 13.7 Å². The highest BCUT2D eigenvalue weighted by Crippen LogP contribution is 2.64. The second-order valence-electron chi connectivity index (χ2n) is 32.4. The minimum Gasteiger partial charge on any atom is -0.394 e. The highest BCUT2D eigenvalue weighted by atomic mass is 31.2. The number of hydrogen-bond donors (Lipinski definition) is 17. The molecule has 20 rings (SSSR count). The average molecular weight is 1980 g/mol. The van der Waals surface area contributed by atoms with Crippen molar-refractivity contribution in [3.05, 3.63) is 132 Å². The van der Waals surface area contributed by atoms with E-state index in [1.165, 1.54) is 20.0 Å². The summed E-state index contributed by atoms with van der Waals surface area (Å²) in [6.45, 7) is -6.98. The minimum atomic E-state index is -5.95. The Hall–Kier alpha value is -9.97. The monoisotopic (exact) mass is 1970 g/mol. The molecular weight excluding hydrogens is 1900 g/mol. The fraction of sp³-hybridized carbons (Fsp3) is 0.562. The Labute approximate surface area is 732 Å². The molecule has 0 saturated carbocycles. The molecular formula is C64H75N24O40P5. The van der Waals surface area contributed by atoms with E-state index in [1.54, 1.807) is 0 Å². The van der Waals surface area contributed by atoms with E-state index < -0.39 is 313 Å². The molecule has 5 unspecified atom stereocenters. The fourth-order valence-electron chi connectivity index (χ4n) is 17.6. The van der Waals surface area contributed by atoms with Crippen molar-refractivity contribution >= 4 is 108 Å². The van der Waals surface area contributed by atoms with Gasteiger partial charge < -0.3 is 105 Å². The smallest absolute Gasteiger partial charge is 0.394 e. The second-order valence-corrected chi connectivity index (χ2v) is 39.4. The molecule has 0 spiro atoms.